The van der Waals surface area contributed by atoms with Crippen molar-refractivity contribution < 1.29 is 62.4 Å². The van der Waals surface area contributed by atoms with Crippen LogP contribution in [0.15, 0.2) is 60.7 Å². The first-order chi connectivity index (χ1) is 15.0. The number of carbonyl (C=O) groups is 2. The molecule has 1 unspecified atom stereocenters. The molecule has 0 saturated heterocycles. The third kappa shape index (κ3) is 7.29. The van der Waals surface area contributed by atoms with Gasteiger partial charge in [-0.15, -0.1) is 0 Å². The first-order valence-corrected chi connectivity index (χ1v) is 11.2. The zero-order chi connectivity index (χ0) is 23.5. The average molecular weight is 476 g/mol. The Labute approximate surface area is 214 Å². The Morgan fingerprint density at radius 3 is 1.94 bits per heavy atom. The summed E-state index contributed by atoms with van der Waals surface area (Å²) in [5.41, 5.74) is 3.60. The van der Waals surface area contributed by atoms with E-state index in [4.69, 9.17) is 13.8 Å². The van der Waals surface area contributed by atoms with E-state index in [2.05, 4.69) is 0 Å². The van der Waals surface area contributed by atoms with Gasteiger partial charge in [0.2, 0.25) is 0 Å². The van der Waals surface area contributed by atoms with Crippen molar-refractivity contribution in [3.8, 4) is 17.2 Å². The van der Waals surface area contributed by atoms with Gasteiger partial charge >= 0.3 is 43.3 Å². The molecule has 33 heavy (non-hydrogen) atoms. The van der Waals surface area contributed by atoms with E-state index >= 15 is 0 Å². The van der Waals surface area contributed by atoms with E-state index in [0.29, 0.717) is 11.1 Å². The van der Waals surface area contributed by atoms with Crippen molar-refractivity contribution >= 4 is 19.6 Å². The molecule has 3 aromatic carbocycles. The Morgan fingerprint density at radius 2 is 1.36 bits per heavy atom. The van der Waals surface area contributed by atoms with Gasteiger partial charge in [0.25, 0.3) is 0 Å². The smallest absolute Gasteiger partial charge is 0.736 e. The third-order valence-electron chi connectivity index (χ3n) is 4.52. The maximum atomic E-state index is 13.0. The molecule has 3 aromatic rings. The first kappa shape index (κ1) is 26.8. The molecule has 0 aliphatic rings. The molecule has 0 aromatic heterocycles. The number of benzene rings is 3. The van der Waals surface area contributed by atoms with Gasteiger partial charge in [-0.1, -0.05) is 29.8 Å². The van der Waals surface area contributed by atoms with Gasteiger partial charge in [-0.3, -0.25) is 9.59 Å². The molecule has 1 atom stereocenters. The molecule has 0 N–H and O–H groups in total. The van der Waals surface area contributed by atoms with Crippen LogP contribution in [0.5, 0.6) is 17.2 Å². The van der Waals surface area contributed by atoms with Crippen LogP contribution in [0, 0.1) is 20.8 Å². The van der Waals surface area contributed by atoms with Gasteiger partial charge in [0.05, 0.1) is 0 Å². The molecule has 7 nitrogen and oxygen atoms in total. The number of hydrogen-bond acceptors (Lipinski definition) is 7. The van der Waals surface area contributed by atoms with E-state index in [-0.39, 0.29) is 52.6 Å². The summed E-state index contributed by atoms with van der Waals surface area (Å²) in [4.78, 5) is 36.3. The Kier molecular flexibility index (Phi) is 9.06. The zero-order valence-corrected chi connectivity index (χ0v) is 22.0. The van der Waals surface area contributed by atoms with Gasteiger partial charge in [0, 0.05) is 18.1 Å². The second-order valence-corrected chi connectivity index (χ2v) is 8.59. The molecule has 166 valence electrons. The van der Waals surface area contributed by atoms with Crippen molar-refractivity contribution in [3.63, 3.8) is 0 Å². The number of ether oxygens (including phenoxy) is 1. The van der Waals surface area contributed by atoms with Crippen LogP contribution in [0.1, 0.15) is 39.5 Å². The number of hydrogen-bond donors (Lipinski definition) is 0. The van der Waals surface area contributed by atoms with E-state index in [1.807, 2.05) is 32.9 Å². The minimum absolute atomic E-state index is 0. The fourth-order valence-electron chi connectivity index (χ4n) is 3.39. The van der Waals surface area contributed by atoms with E-state index in [1.165, 1.54) is 49.4 Å². The van der Waals surface area contributed by atoms with Crippen LogP contribution in [-0.4, -0.2) is 11.8 Å². The van der Waals surface area contributed by atoms with Crippen molar-refractivity contribution in [2.24, 2.45) is 0 Å². The van der Waals surface area contributed by atoms with Crippen LogP contribution in [0.2, 0.25) is 0 Å². The number of carbonyl (C=O) groups excluding carboxylic acids is 2. The van der Waals surface area contributed by atoms with Crippen molar-refractivity contribution in [1.29, 1.82) is 0 Å². The minimum Gasteiger partial charge on any atom is -0.736 e. The van der Waals surface area contributed by atoms with Crippen LogP contribution in [-0.2, 0) is 9.36 Å². The first-order valence-electron chi connectivity index (χ1n) is 9.75. The van der Waals surface area contributed by atoms with E-state index < -0.39 is 13.8 Å². The van der Waals surface area contributed by atoms with Crippen molar-refractivity contribution in [3.05, 3.63) is 88.5 Å². The van der Waals surface area contributed by atoms with Crippen molar-refractivity contribution in [2.45, 2.75) is 27.7 Å². The molecular weight excluding hydrogens is 454 g/mol. The van der Waals surface area contributed by atoms with Crippen LogP contribution >= 0.6 is 7.82 Å². The Hall–Kier alpha value is -2.41. The summed E-state index contributed by atoms with van der Waals surface area (Å²) in [6, 6.07) is 15.2. The van der Waals surface area contributed by atoms with Crippen LogP contribution in [0.25, 0.3) is 0 Å². The third-order valence-corrected chi connectivity index (χ3v) is 5.39. The topological polar surface area (TPSA) is 102 Å². The van der Waals surface area contributed by atoms with E-state index in [0.717, 1.165) is 16.7 Å². The quantitative estimate of drug-likeness (QED) is 0.168. The molecule has 0 spiro atoms. The van der Waals surface area contributed by atoms with Gasteiger partial charge < -0.3 is 18.7 Å². The number of aryl methyl sites for hydroxylation is 3. The van der Waals surface area contributed by atoms with Gasteiger partial charge in [-0.25, -0.2) is 4.57 Å². The molecule has 9 heteroatoms. The Morgan fingerprint density at radius 1 is 0.818 bits per heavy atom. The van der Waals surface area contributed by atoms with E-state index in [9.17, 15) is 19.0 Å². The summed E-state index contributed by atoms with van der Waals surface area (Å²) in [5.74, 6) is -0.542. The molecule has 0 bridgehead atoms. The van der Waals surface area contributed by atoms with Crippen LogP contribution < -0.4 is 48.2 Å². The summed E-state index contributed by atoms with van der Waals surface area (Å²) in [5, 5.41) is 0. The minimum atomic E-state index is -4.80. The second kappa shape index (κ2) is 11.1. The number of ketones is 1. The summed E-state index contributed by atoms with van der Waals surface area (Å²) in [7, 11) is -4.80. The van der Waals surface area contributed by atoms with Gasteiger partial charge in [-0.05, 0) is 68.3 Å². The molecule has 0 radical (unpaired) electrons. The summed E-state index contributed by atoms with van der Waals surface area (Å²) < 4.78 is 27.2. The SMILES string of the molecule is CC(=O)Oc1ccc(OP(=O)([O-])Oc2cccc(C(=O)c3c(C)cc(C)cc3C)c2)cc1.[Na+]. The summed E-state index contributed by atoms with van der Waals surface area (Å²) in [6.45, 7) is 6.93. The summed E-state index contributed by atoms with van der Waals surface area (Å²) in [6.07, 6.45) is 0. The molecule has 0 amide bonds. The Bertz CT molecular complexity index is 1200. The monoisotopic (exact) mass is 476 g/mol. The Balaban J connectivity index is 0.00000385. The fraction of sp³-hybridized carbons (Fsp3) is 0.167. The second-order valence-electron chi connectivity index (χ2n) is 7.33. The van der Waals surface area contributed by atoms with Crippen LogP contribution in [0.4, 0.5) is 0 Å². The predicted octanol–water partition coefficient (Wildman–Crippen LogP) is 1.70. The predicted molar refractivity (Wildman–Crippen MR) is 117 cm³/mol. The number of esters is 1. The molecule has 3 rings (SSSR count). The number of phosphoric acid groups is 1. The largest absolute Gasteiger partial charge is 1.00 e. The molecule has 0 saturated carbocycles. The molecule has 0 aliphatic carbocycles. The molecule has 0 aliphatic heterocycles. The fourth-order valence-corrected chi connectivity index (χ4v) is 4.18. The number of phosphoric ester groups is 1. The average Bonchev–Trinajstić information content (AvgIpc) is 2.68. The number of rotatable bonds is 7. The van der Waals surface area contributed by atoms with Gasteiger partial charge in [0.15, 0.2) is 5.78 Å². The molecule has 0 fully saturated rings. The van der Waals surface area contributed by atoms with Gasteiger partial charge in [0.1, 0.15) is 17.2 Å². The van der Waals surface area contributed by atoms with Crippen LogP contribution in [0.3, 0.4) is 0 Å². The maximum Gasteiger partial charge on any atom is 1.00 e. The molecule has 0 heterocycles. The normalized spacial score (nSPS) is 12.2. The van der Waals surface area contributed by atoms with E-state index in [1.54, 1.807) is 6.07 Å². The van der Waals surface area contributed by atoms with Crippen molar-refractivity contribution in [2.75, 3.05) is 0 Å². The summed E-state index contributed by atoms with van der Waals surface area (Å²) >= 11 is 0. The standard InChI is InChI=1S/C24H23O7P.Na/c1-15-12-16(2)23(17(3)13-15)24(26)19-6-5-7-22(14-19)31-32(27,28)30-21-10-8-20(9-11-21)29-18(4)25;/h5-14H,1-4H3,(H,27,28);/q;+1/p-1. The van der Waals surface area contributed by atoms with Gasteiger partial charge in [-0.2, -0.15) is 0 Å². The molecular formula is C24H22NaO7P. The zero-order valence-electron chi connectivity index (χ0n) is 19.1. The van der Waals surface area contributed by atoms with Crippen molar-refractivity contribution in [1.82, 2.24) is 0 Å². The maximum absolute atomic E-state index is 13.0.